The van der Waals surface area contributed by atoms with Crippen molar-refractivity contribution in [2.75, 3.05) is 19.0 Å². The molecule has 40 heavy (non-hydrogen) atoms. The van der Waals surface area contributed by atoms with Gasteiger partial charge in [0.2, 0.25) is 5.91 Å². The lowest BCUT2D eigenvalue weighted by atomic mass is 9.86. The normalized spacial score (nSPS) is 20.0. The van der Waals surface area contributed by atoms with Crippen LogP contribution in [0.2, 0.25) is 0 Å². The summed E-state index contributed by atoms with van der Waals surface area (Å²) in [5, 5.41) is 2.73. The Balaban J connectivity index is 1.69. The second-order valence-corrected chi connectivity index (χ2v) is 9.90. The first kappa shape index (κ1) is 29.3. The third kappa shape index (κ3) is 6.20. The number of carbonyl (C=O) groups excluding carboxylic acids is 2. The van der Waals surface area contributed by atoms with E-state index in [4.69, 9.17) is 9.47 Å². The summed E-state index contributed by atoms with van der Waals surface area (Å²) in [7, 11) is 1.51. The molecule has 2 aliphatic rings. The zero-order valence-electron chi connectivity index (χ0n) is 22.0. The molecule has 0 radical (unpaired) electrons. The molecule has 2 atom stereocenters. The average molecular weight is 571 g/mol. The number of carbonyl (C=O) groups is 2. The first-order valence-electron chi connectivity index (χ1n) is 12.6. The van der Waals surface area contributed by atoms with E-state index in [9.17, 15) is 35.9 Å². The van der Waals surface area contributed by atoms with Crippen molar-refractivity contribution in [3.05, 3.63) is 64.2 Å². The van der Waals surface area contributed by atoms with Gasteiger partial charge in [0.15, 0.2) is 0 Å². The lowest BCUT2D eigenvalue weighted by Crippen LogP contribution is -2.34. The monoisotopic (exact) mass is 570 g/mol. The lowest BCUT2D eigenvalue weighted by molar-refractivity contribution is -0.143. The van der Waals surface area contributed by atoms with Crippen molar-refractivity contribution in [3.63, 3.8) is 0 Å². The molecule has 1 heterocycles. The lowest BCUT2D eigenvalue weighted by Gasteiger charge is -2.28. The number of anilines is 1. The number of nitrogens with one attached hydrogen (secondary N) is 1. The summed E-state index contributed by atoms with van der Waals surface area (Å²) in [6.45, 7) is 2.99. The Labute approximate surface area is 226 Å². The van der Waals surface area contributed by atoms with E-state index in [1.54, 1.807) is 18.2 Å². The van der Waals surface area contributed by atoms with E-state index < -0.39 is 41.7 Å². The molecular weight excluding hydrogens is 542 g/mol. The molecule has 12 heteroatoms. The van der Waals surface area contributed by atoms with Gasteiger partial charge >= 0.3 is 18.4 Å². The molecule has 216 valence electrons. The minimum atomic E-state index is -5.02. The van der Waals surface area contributed by atoms with Crippen LogP contribution >= 0.6 is 0 Å². The second kappa shape index (κ2) is 11.1. The topological polar surface area (TPSA) is 67.9 Å². The first-order valence-corrected chi connectivity index (χ1v) is 12.6. The highest BCUT2D eigenvalue weighted by molar-refractivity contribution is 5.90. The minimum Gasteiger partial charge on any atom is -0.496 e. The van der Waals surface area contributed by atoms with Crippen molar-refractivity contribution in [1.29, 1.82) is 0 Å². The summed E-state index contributed by atoms with van der Waals surface area (Å²) in [5.74, 6) is 0.305. The average Bonchev–Trinajstić information content (AvgIpc) is 3.16. The van der Waals surface area contributed by atoms with Gasteiger partial charge in [-0.15, -0.1) is 0 Å². The Morgan fingerprint density at radius 3 is 2.23 bits per heavy atom. The van der Waals surface area contributed by atoms with Crippen LogP contribution < -0.4 is 10.1 Å². The predicted molar refractivity (Wildman–Crippen MR) is 135 cm³/mol. The van der Waals surface area contributed by atoms with E-state index >= 15 is 0 Å². The highest BCUT2D eigenvalue weighted by Crippen LogP contribution is 2.43. The number of nitrogens with zero attached hydrogens (tertiary/aromatic N) is 1. The van der Waals surface area contributed by atoms with Crippen LogP contribution in [0, 0.1) is 0 Å². The molecule has 0 spiro atoms. The number of rotatable bonds is 6. The molecule has 0 saturated carbocycles. The predicted octanol–water partition coefficient (Wildman–Crippen LogP) is 7.60. The number of methoxy groups -OCH3 is 1. The number of cyclic esters (lactones) is 1. The van der Waals surface area contributed by atoms with Gasteiger partial charge in [-0.05, 0) is 85.7 Å². The number of amides is 2. The van der Waals surface area contributed by atoms with Crippen molar-refractivity contribution in [3.8, 4) is 5.75 Å². The molecule has 1 aliphatic heterocycles. The molecule has 0 bridgehead atoms. The van der Waals surface area contributed by atoms with E-state index in [2.05, 4.69) is 5.32 Å². The second-order valence-electron chi connectivity index (χ2n) is 9.90. The minimum absolute atomic E-state index is 0.0459. The maximum absolute atomic E-state index is 13.4. The van der Waals surface area contributed by atoms with E-state index in [-0.39, 0.29) is 24.1 Å². The number of benzene rings is 2. The van der Waals surface area contributed by atoms with Gasteiger partial charge in [-0.3, -0.25) is 9.69 Å². The van der Waals surface area contributed by atoms with Gasteiger partial charge in [0.05, 0.1) is 24.3 Å². The third-order valence-electron chi connectivity index (χ3n) is 7.12. The molecule has 0 unspecified atom stereocenters. The van der Waals surface area contributed by atoms with E-state index in [1.807, 2.05) is 0 Å². The van der Waals surface area contributed by atoms with Gasteiger partial charge in [0.1, 0.15) is 11.9 Å². The molecule has 1 fully saturated rings. The number of alkyl halides is 6. The Hall–Kier alpha value is -3.70. The number of halogens is 6. The summed E-state index contributed by atoms with van der Waals surface area (Å²) >= 11 is 0. The summed E-state index contributed by atoms with van der Waals surface area (Å²) in [6, 6.07) is 5.57. The third-order valence-corrected chi connectivity index (χ3v) is 7.12. The maximum Gasteiger partial charge on any atom is 0.416 e. The Morgan fingerprint density at radius 2 is 1.65 bits per heavy atom. The SMILES string of the molecule is COc1ccc(NC(C)=O)cc1C1=C(CN2C(=O)O[C@H](c3cc(C(F)(F)F)cc(C(F)(F)F)c3)[C@@H]2C)CCCC1. The smallest absolute Gasteiger partial charge is 0.416 e. The Morgan fingerprint density at radius 1 is 1.02 bits per heavy atom. The molecule has 2 aromatic carbocycles. The van der Waals surface area contributed by atoms with Crippen LogP contribution in [0.5, 0.6) is 5.75 Å². The number of allylic oxidation sites excluding steroid dienone is 1. The van der Waals surface area contributed by atoms with Crippen LogP contribution in [0.1, 0.15) is 67.9 Å². The van der Waals surface area contributed by atoms with Crippen LogP contribution in [-0.2, 0) is 21.9 Å². The van der Waals surface area contributed by atoms with Crippen molar-refractivity contribution in [1.82, 2.24) is 4.90 Å². The Kier molecular flexibility index (Phi) is 8.09. The molecular formula is C28H28F6N2O4. The van der Waals surface area contributed by atoms with Crippen molar-refractivity contribution in [2.45, 2.75) is 64.0 Å². The van der Waals surface area contributed by atoms with Crippen molar-refractivity contribution < 1.29 is 45.4 Å². The van der Waals surface area contributed by atoms with Crippen LogP contribution in [-0.4, -0.2) is 36.6 Å². The highest BCUT2D eigenvalue weighted by Gasteiger charge is 2.43. The first-order chi connectivity index (χ1) is 18.7. The molecule has 0 aromatic heterocycles. The van der Waals surface area contributed by atoms with Gasteiger partial charge in [-0.2, -0.15) is 26.3 Å². The number of hydrogen-bond acceptors (Lipinski definition) is 4. The number of hydrogen-bond donors (Lipinski definition) is 1. The zero-order chi connectivity index (χ0) is 29.4. The van der Waals surface area contributed by atoms with Crippen molar-refractivity contribution in [2.24, 2.45) is 0 Å². The zero-order valence-corrected chi connectivity index (χ0v) is 22.0. The molecule has 6 nitrogen and oxygen atoms in total. The van der Waals surface area contributed by atoms with Gasteiger partial charge < -0.3 is 14.8 Å². The summed E-state index contributed by atoms with van der Waals surface area (Å²) in [5.41, 5.74) is -0.267. The molecule has 4 rings (SSSR count). The standard InChI is InChI=1S/C28H28F6N2O4/c1-15-25(18-10-19(27(29,30)31)12-20(11-18)28(32,33)34)40-26(38)36(15)14-17-6-4-5-7-22(17)23-13-21(35-16(2)37)8-9-24(23)39-3/h8-13,15,25H,4-7,14H2,1-3H3,(H,35,37)/t15-,25-/m0/s1. The molecule has 1 saturated heterocycles. The summed E-state index contributed by atoms with van der Waals surface area (Å²) < 4.78 is 91.4. The van der Waals surface area contributed by atoms with Crippen LogP contribution in [0.15, 0.2) is 42.0 Å². The van der Waals surface area contributed by atoms with Gasteiger partial charge in [-0.25, -0.2) is 4.79 Å². The van der Waals surface area contributed by atoms with Crippen LogP contribution in [0.25, 0.3) is 5.57 Å². The fourth-order valence-corrected chi connectivity index (χ4v) is 5.20. The summed E-state index contributed by atoms with van der Waals surface area (Å²) in [4.78, 5) is 25.8. The van der Waals surface area contributed by atoms with Crippen LogP contribution in [0.3, 0.4) is 0 Å². The largest absolute Gasteiger partial charge is 0.496 e. The molecule has 2 amide bonds. The van der Waals surface area contributed by atoms with Gasteiger partial charge in [0.25, 0.3) is 0 Å². The van der Waals surface area contributed by atoms with Crippen LogP contribution in [0.4, 0.5) is 36.8 Å². The van der Waals surface area contributed by atoms with E-state index in [0.717, 1.165) is 29.6 Å². The van der Waals surface area contributed by atoms with Gasteiger partial charge in [0, 0.05) is 24.7 Å². The molecule has 1 N–H and O–H groups in total. The molecule has 1 aliphatic carbocycles. The maximum atomic E-state index is 13.4. The van der Waals surface area contributed by atoms with Gasteiger partial charge in [-0.1, -0.05) is 0 Å². The fourth-order valence-electron chi connectivity index (χ4n) is 5.20. The van der Waals surface area contributed by atoms with Crippen molar-refractivity contribution >= 4 is 23.3 Å². The summed E-state index contributed by atoms with van der Waals surface area (Å²) in [6.07, 6.45) is -9.25. The number of ether oxygens (including phenoxy) is 2. The Bertz CT molecular complexity index is 1300. The quantitative estimate of drug-likeness (QED) is 0.363. The van der Waals surface area contributed by atoms with E-state index in [0.29, 0.717) is 36.4 Å². The molecule has 2 aromatic rings. The fraction of sp³-hybridized carbons (Fsp3) is 0.429. The highest BCUT2D eigenvalue weighted by atomic mass is 19.4. The van der Waals surface area contributed by atoms with E-state index in [1.165, 1.54) is 25.9 Å².